The van der Waals surface area contributed by atoms with Crippen LogP contribution in [-0.4, -0.2) is 11.9 Å². The van der Waals surface area contributed by atoms with E-state index in [1.165, 1.54) is 0 Å². The number of halogens is 1. The summed E-state index contributed by atoms with van der Waals surface area (Å²) in [5, 5.41) is 3.38. The third-order valence-electron chi connectivity index (χ3n) is 2.22. The molecule has 0 aliphatic rings. The molecule has 0 saturated carbocycles. The van der Waals surface area contributed by atoms with Crippen LogP contribution in [0.3, 0.4) is 0 Å². The highest BCUT2D eigenvalue weighted by Gasteiger charge is 2.08. The number of nitrogens with two attached hydrogens (primary N) is 1. The highest BCUT2D eigenvalue weighted by atomic mass is 35.5. The van der Waals surface area contributed by atoms with E-state index in [2.05, 4.69) is 12.2 Å². The third kappa shape index (κ3) is 4.64. The number of hydrogen-bond acceptors (Lipinski definition) is 2. The summed E-state index contributed by atoms with van der Waals surface area (Å²) in [4.78, 5) is 11.6. The highest BCUT2D eigenvalue weighted by molar-refractivity contribution is 6.30. The molecule has 0 fully saturated rings. The summed E-state index contributed by atoms with van der Waals surface area (Å²) in [5.74, 6) is -0.0665. The second kappa shape index (κ2) is 6.51. The minimum absolute atomic E-state index is 0.0656. The maximum absolute atomic E-state index is 11.6. The highest BCUT2D eigenvalue weighted by Crippen LogP contribution is 2.15. The van der Waals surface area contributed by atoms with Gasteiger partial charge in [0.25, 0.3) is 0 Å². The van der Waals surface area contributed by atoms with Crippen LogP contribution in [0.15, 0.2) is 24.3 Å². The predicted octanol–water partition coefficient (Wildman–Crippen LogP) is 2.80. The fourth-order valence-electron chi connectivity index (χ4n) is 1.49. The maximum Gasteiger partial charge on any atom is 0.225 e. The lowest BCUT2D eigenvalue weighted by Gasteiger charge is -2.10. The summed E-state index contributed by atoms with van der Waals surface area (Å²) in [6.07, 6.45) is 2.20. The quantitative estimate of drug-likeness (QED) is 0.832. The van der Waals surface area contributed by atoms with Gasteiger partial charge in [-0.3, -0.25) is 4.79 Å². The number of hydrogen-bond donors (Lipinski definition) is 2. The van der Waals surface area contributed by atoms with Crippen molar-refractivity contribution in [1.29, 1.82) is 0 Å². The maximum atomic E-state index is 11.6. The number of amides is 1. The number of carbonyl (C=O) groups is 1. The molecule has 88 valence electrons. The van der Waals surface area contributed by atoms with E-state index in [1.807, 2.05) is 0 Å². The fourth-order valence-corrected chi connectivity index (χ4v) is 1.68. The zero-order valence-electron chi connectivity index (χ0n) is 9.37. The molecule has 1 amide bonds. The van der Waals surface area contributed by atoms with Crippen molar-refractivity contribution in [1.82, 2.24) is 0 Å². The van der Waals surface area contributed by atoms with Crippen molar-refractivity contribution >= 4 is 23.2 Å². The van der Waals surface area contributed by atoms with E-state index in [4.69, 9.17) is 17.3 Å². The Morgan fingerprint density at radius 1 is 1.56 bits per heavy atom. The van der Waals surface area contributed by atoms with Gasteiger partial charge in [0.2, 0.25) is 5.91 Å². The molecule has 0 radical (unpaired) electrons. The Labute approximate surface area is 101 Å². The number of rotatable bonds is 5. The van der Waals surface area contributed by atoms with Crippen LogP contribution in [-0.2, 0) is 4.79 Å². The Hall–Kier alpha value is -1.06. The predicted molar refractivity (Wildman–Crippen MR) is 67.6 cm³/mol. The van der Waals surface area contributed by atoms with Gasteiger partial charge in [0.1, 0.15) is 0 Å². The standard InChI is InChI=1S/C12H17ClN2O/c1-2-4-10(14)8-12(16)15-11-6-3-5-9(13)7-11/h3,5-7,10H,2,4,8,14H2,1H3,(H,15,16). The van der Waals surface area contributed by atoms with Gasteiger partial charge in [0.05, 0.1) is 0 Å². The molecule has 0 aromatic heterocycles. The summed E-state index contributed by atoms with van der Waals surface area (Å²) in [6.45, 7) is 2.05. The lowest BCUT2D eigenvalue weighted by atomic mass is 10.1. The topological polar surface area (TPSA) is 55.1 Å². The van der Waals surface area contributed by atoms with Crippen LogP contribution < -0.4 is 11.1 Å². The first-order valence-electron chi connectivity index (χ1n) is 5.42. The number of carbonyl (C=O) groups excluding carboxylic acids is 1. The van der Waals surface area contributed by atoms with Gasteiger partial charge in [-0.25, -0.2) is 0 Å². The summed E-state index contributed by atoms with van der Waals surface area (Å²) in [6, 6.07) is 7.01. The molecule has 0 saturated heterocycles. The van der Waals surface area contributed by atoms with Gasteiger partial charge in [-0.15, -0.1) is 0 Å². The Morgan fingerprint density at radius 3 is 2.94 bits per heavy atom. The minimum Gasteiger partial charge on any atom is -0.327 e. The van der Waals surface area contributed by atoms with Crippen LogP contribution in [0, 0.1) is 0 Å². The largest absolute Gasteiger partial charge is 0.327 e. The molecule has 4 heteroatoms. The summed E-state index contributed by atoms with van der Waals surface area (Å²) in [7, 11) is 0. The van der Waals surface area contributed by atoms with Gasteiger partial charge in [-0.2, -0.15) is 0 Å². The molecule has 1 aromatic rings. The molecular weight excluding hydrogens is 224 g/mol. The van der Waals surface area contributed by atoms with E-state index in [-0.39, 0.29) is 11.9 Å². The van der Waals surface area contributed by atoms with Gasteiger partial charge in [0.15, 0.2) is 0 Å². The van der Waals surface area contributed by atoms with Gasteiger partial charge >= 0.3 is 0 Å². The van der Waals surface area contributed by atoms with E-state index < -0.39 is 0 Å². The molecule has 0 heterocycles. The third-order valence-corrected chi connectivity index (χ3v) is 2.45. The molecule has 0 spiro atoms. The molecule has 1 rings (SSSR count). The van der Waals surface area contributed by atoms with Crippen LogP contribution in [0.4, 0.5) is 5.69 Å². The number of benzene rings is 1. The van der Waals surface area contributed by atoms with Gasteiger partial charge in [-0.05, 0) is 24.6 Å². The van der Waals surface area contributed by atoms with Crippen molar-refractivity contribution in [3.05, 3.63) is 29.3 Å². The minimum atomic E-state index is -0.0665. The lowest BCUT2D eigenvalue weighted by Crippen LogP contribution is -2.26. The van der Waals surface area contributed by atoms with Gasteiger partial charge < -0.3 is 11.1 Å². The molecule has 0 bridgehead atoms. The summed E-state index contributed by atoms with van der Waals surface area (Å²) < 4.78 is 0. The first-order valence-corrected chi connectivity index (χ1v) is 5.80. The van der Waals surface area contributed by atoms with Crippen molar-refractivity contribution in [2.45, 2.75) is 32.2 Å². The van der Waals surface area contributed by atoms with E-state index in [1.54, 1.807) is 24.3 Å². The first kappa shape index (κ1) is 13.0. The monoisotopic (exact) mass is 240 g/mol. The molecular formula is C12H17ClN2O. The van der Waals surface area contributed by atoms with Crippen LogP contribution in [0.2, 0.25) is 5.02 Å². The lowest BCUT2D eigenvalue weighted by molar-refractivity contribution is -0.116. The Bertz CT molecular complexity index is 355. The van der Waals surface area contributed by atoms with Crippen molar-refractivity contribution in [2.24, 2.45) is 5.73 Å². The Morgan fingerprint density at radius 2 is 2.31 bits per heavy atom. The van der Waals surface area contributed by atoms with Crippen LogP contribution in [0.25, 0.3) is 0 Å². The zero-order valence-corrected chi connectivity index (χ0v) is 10.1. The van der Waals surface area contributed by atoms with Crippen molar-refractivity contribution in [3.8, 4) is 0 Å². The number of nitrogens with one attached hydrogen (secondary N) is 1. The SMILES string of the molecule is CCCC(N)CC(=O)Nc1cccc(Cl)c1. The van der Waals surface area contributed by atoms with E-state index in [9.17, 15) is 4.79 Å². The second-order valence-electron chi connectivity index (χ2n) is 3.81. The Balaban J connectivity index is 2.45. The average Bonchev–Trinajstić information content (AvgIpc) is 2.17. The van der Waals surface area contributed by atoms with Gasteiger partial charge in [0, 0.05) is 23.2 Å². The summed E-state index contributed by atoms with van der Waals surface area (Å²) in [5.41, 5.74) is 6.49. The van der Waals surface area contributed by atoms with Crippen molar-refractivity contribution in [3.63, 3.8) is 0 Å². The molecule has 0 aliphatic carbocycles. The summed E-state index contributed by atoms with van der Waals surface area (Å²) >= 11 is 5.81. The zero-order chi connectivity index (χ0) is 12.0. The molecule has 3 N–H and O–H groups in total. The molecule has 3 nitrogen and oxygen atoms in total. The smallest absolute Gasteiger partial charge is 0.225 e. The Kier molecular flexibility index (Phi) is 5.29. The molecule has 1 unspecified atom stereocenters. The van der Waals surface area contributed by atoms with E-state index in [0.29, 0.717) is 17.1 Å². The fraction of sp³-hybridized carbons (Fsp3) is 0.417. The second-order valence-corrected chi connectivity index (χ2v) is 4.25. The van der Waals surface area contributed by atoms with E-state index in [0.717, 1.165) is 12.8 Å². The molecule has 1 atom stereocenters. The van der Waals surface area contributed by atoms with Crippen LogP contribution in [0.5, 0.6) is 0 Å². The van der Waals surface area contributed by atoms with Crippen LogP contribution >= 0.6 is 11.6 Å². The van der Waals surface area contributed by atoms with Crippen molar-refractivity contribution < 1.29 is 4.79 Å². The molecule has 16 heavy (non-hydrogen) atoms. The van der Waals surface area contributed by atoms with E-state index >= 15 is 0 Å². The van der Waals surface area contributed by atoms with Crippen molar-refractivity contribution in [2.75, 3.05) is 5.32 Å². The number of anilines is 1. The first-order chi connectivity index (χ1) is 7.61. The average molecular weight is 241 g/mol. The molecule has 0 aliphatic heterocycles. The van der Waals surface area contributed by atoms with Gasteiger partial charge in [-0.1, -0.05) is 31.0 Å². The molecule has 1 aromatic carbocycles. The normalized spacial score (nSPS) is 12.2. The van der Waals surface area contributed by atoms with Crippen LogP contribution in [0.1, 0.15) is 26.2 Å².